The van der Waals surface area contributed by atoms with Crippen LogP contribution in [0, 0.1) is 5.92 Å². The molecule has 2 saturated carbocycles. The molecule has 1 nitrogen and oxygen atoms in total. The molecular formula is C16H18OS. The molecule has 3 rings (SSSR count). The Bertz CT molecular complexity index is 456. The summed E-state index contributed by atoms with van der Waals surface area (Å²) in [6, 6.07) is 8.78. The summed E-state index contributed by atoms with van der Waals surface area (Å²) in [5, 5.41) is 0.871. The Labute approximate surface area is 113 Å². The zero-order valence-corrected chi connectivity index (χ0v) is 11.3. The van der Waals surface area contributed by atoms with Crippen LogP contribution in [0.2, 0.25) is 0 Å². The van der Waals surface area contributed by atoms with Crippen molar-refractivity contribution in [3.63, 3.8) is 0 Å². The minimum Gasteiger partial charge on any atom is -0.300 e. The van der Waals surface area contributed by atoms with Gasteiger partial charge in [0.1, 0.15) is 5.78 Å². The van der Waals surface area contributed by atoms with Gasteiger partial charge in [-0.1, -0.05) is 24.3 Å². The minimum absolute atomic E-state index is 0.417. The molecule has 1 aromatic carbocycles. The van der Waals surface area contributed by atoms with Crippen molar-refractivity contribution in [2.24, 2.45) is 5.92 Å². The van der Waals surface area contributed by atoms with Crippen LogP contribution in [0.4, 0.5) is 0 Å². The van der Waals surface area contributed by atoms with Crippen molar-refractivity contribution in [2.75, 3.05) is 0 Å². The summed E-state index contributed by atoms with van der Waals surface area (Å²) in [4.78, 5) is 12.6. The van der Waals surface area contributed by atoms with E-state index in [9.17, 15) is 4.79 Å². The smallest absolute Gasteiger partial charge is 0.133 e. The monoisotopic (exact) mass is 258 g/mol. The Hall–Kier alpha value is -1.02. The summed E-state index contributed by atoms with van der Waals surface area (Å²) in [5.41, 5.74) is 1.24. The fraction of sp³-hybridized carbons (Fsp3) is 0.438. The molecule has 0 aliphatic heterocycles. The molecule has 1 atom stereocenters. The highest BCUT2D eigenvalue weighted by Gasteiger charge is 2.22. The lowest BCUT2D eigenvalue weighted by Gasteiger charge is -2.01. The fourth-order valence-corrected chi connectivity index (χ4v) is 3.34. The van der Waals surface area contributed by atoms with E-state index < -0.39 is 0 Å². The second-order valence-corrected chi connectivity index (χ2v) is 6.66. The summed E-state index contributed by atoms with van der Waals surface area (Å²) < 4.78 is 0. The quantitative estimate of drug-likeness (QED) is 0.800. The maximum Gasteiger partial charge on any atom is 0.133 e. The van der Waals surface area contributed by atoms with Gasteiger partial charge >= 0.3 is 0 Å². The lowest BCUT2D eigenvalue weighted by molar-refractivity contribution is -0.117. The van der Waals surface area contributed by atoms with Crippen LogP contribution >= 0.6 is 11.8 Å². The van der Waals surface area contributed by atoms with E-state index in [2.05, 4.69) is 36.4 Å². The van der Waals surface area contributed by atoms with Gasteiger partial charge in [-0.15, -0.1) is 11.8 Å². The Balaban J connectivity index is 1.58. The van der Waals surface area contributed by atoms with Gasteiger partial charge in [0.15, 0.2) is 0 Å². The molecule has 18 heavy (non-hydrogen) atoms. The predicted octanol–water partition coefficient (Wildman–Crippen LogP) is 4.32. The van der Waals surface area contributed by atoms with E-state index in [1.165, 1.54) is 23.3 Å². The minimum atomic E-state index is 0.417. The van der Waals surface area contributed by atoms with Crippen molar-refractivity contribution in [3.05, 3.63) is 35.9 Å². The van der Waals surface area contributed by atoms with E-state index in [1.807, 2.05) is 11.8 Å². The maximum absolute atomic E-state index is 11.2. The van der Waals surface area contributed by atoms with Crippen LogP contribution in [0.25, 0.3) is 6.08 Å². The van der Waals surface area contributed by atoms with Crippen molar-refractivity contribution < 1.29 is 4.79 Å². The number of ketones is 1. The third kappa shape index (κ3) is 3.26. The number of Topliss-reactive ketones (excluding diaryl/α,β-unsaturated/α-hetero) is 1. The molecule has 0 bridgehead atoms. The average Bonchev–Trinajstić information content (AvgIpc) is 3.09. The lowest BCUT2D eigenvalue weighted by Crippen LogP contribution is -1.89. The van der Waals surface area contributed by atoms with E-state index in [0.29, 0.717) is 11.7 Å². The third-order valence-corrected chi connectivity index (χ3v) is 4.90. The first-order valence-electron chi connectivity index (χ1n) is 6.76. The molecular weight excluding hydrogens is 240 g/mol. The van der Waals surface area contributed by atoms with Crippen LogP contribution in [0.3, 0.4) is 0 Å². The highest BCUT2D eigenvalue weighted by Crippen LogP contribution is 2.39. The number of rotatable bonds is 4. The number of carbonyl (C=O) groups excluding carboxylic acids is 1. The van der Waals surface area contributed by atoms with Gasteiger partial charge in [0.25, 0.3) is 0 Å². The molecule has 0 aromatic heterocycles. The topological polar surface area (TPSA) is 17.1 Å². The molecule has 1 aromatic rings. The van der Waals surface area contributed by atoms with Crippen LogP contribution in [0.5, 0.6) is 0 Å². The van der Waals surface area contributed by atoms with Crippen molar-refractivity contribution >= 4 is 23.6 Å². The molecule has 2 aliphatic carbocycles. The maximum atomic E-state index is 11.2. The van der Waals surface area contributed by atoms with Crippen molar-refractivity contribution in [1.82, 2.24) is 0 Å². The first-order valence-corrected chi connectivity index (χ1v) is 7.64. The van der Waals surface area contributed by atoms with Crippen LogP contribution in [-0.4, -0.2) is 11.0 Å². The largest absolute Gasteiger partial charge is 0.300 e. The molecule has 0 unspecified atom stereocenters. The summed E-state index contributed by atoms with van der Waals surface area (Å²) in [6.07, 6.45) is 9.66. The van der Waals surface area contributed by atoms with Gasteiger partial charge in [0, 0.05) is 23.0 Å². The van der Waals surface area contributed by atoms with Crippen LogP contribution in [-0.2, 0) is 4.79 Å². The molecule has 0 radical (unpaired) electrons. The summed E-state index contributed by atoms with van der Waals surface area (Å²) in [5.74, 6) is 0.888. The van der Waals surface area contributed by atoms with Gasteiger partial charge in [-0.2, -0.15) is 0 Å². The molecule has 2 fully saturated rings. The summed E-state index contributed by atoms with van der Waals surface area (Å²) in [6.45, 7) is 0. The molecule has 2 aliphatic rings. The first kappa shape index (κ1) is 12.0. The van der Waals surface area contributed by atoms with Gasteiger partial charge in [-0.3, -0.25) is 4.79 Å². The Morgan fingerprint density at radius 2 is 1.89 bits per heavy atom. The number of allylic oxidation sites excluding steroid dienone is 1. The van der Waals surface area contributed by atoms with Gasteiger partial charge in [0.05, 0.1) is 0 Å². The predicted molar refractivity (Wildman–Crippen MR) is 76.7 cm³/mol. The molecule has 0 N–H and O–H groups in total. The average molecular weight is 258 g/mol. The van der Waals surface area contributed by atoms with Crippen LogP contribution in [0.15, 0.2) is 35.2 Å². The van der Waals surface area contributed by atoms with E-state index in [-0.39, 0.29) is 0 Å². The van der Waals surface area contributed by atoms with Gasteiger partial charge < -0.3 is 0 Å². The molecule has 94 valence electrons. The number of thioether (sulfide) groups is 1. The zero-order valence-electron chi connectivity index (χ0n) is 10.5. The SMILES string of the molecule is O=C1CC[C@H](/C=C/c2ccc(SC3CC3)cc2)C1. The highest BCUT2D eigenvalue weighted by atomic mass is 32.2. The first-order chi connectivity index (χ1) is 8.79. The number of hydrogen-bond acceptors (Lipinski definition) is 2. The highest BCUT2D eigenvalue weighted by molar-refractivity contribution is 8.00. The number of carbonyl (C=O) groups is 1. The van der Waals surface area contributed by atoms with Gasteiger partial charge in [0.2, 0.25) is 0 Å². The lowest BCUT2D eigenvalue weighted by atomic mass is 10.1. The van der Waals surface area contributed by atoms with Gasteiger partial charge in [-0.05, 0) is 42.9 Å². The van der Waals surface area contributed by atoms with Crippen molar-refractivity contribution in [2.45, 2.75) is 42.2 Å². The van der Waals surface area contributed by atoms with Crippen molar-refractivity contribution in [1.29, 1.82) is 0 Å². The standard InChI is InChI=1S/C16H18OS/c17-14-6-3-13(11-14)2-1-12-4-7-15(8-5-12)18-16-9-10-16/h1-2,4-5,7-8,13,16H,3,6,9-11H2/b2-1+/t13-/m0/s1. The van der Waals surface area contributed by atoms with E-state index >= 15 is 0 Å². The van der Waals surface area contributed by atoms with Gasteiger partial charge in [-0.25, -0.2) is 0 Å². The molecule has 0 heterocycles. The summed E-state index contributed by atoms with van der Waals surface area (Å²) in [7, 11) is 0. The second kappa shape index (κ2) is 5.31. The zero-order chi connectivity index (χ0) is 12.4. The molecule has 0 amide bonds. The molecule has 0 saturated heterocycles. The third-order valence-electron chi connectivity index (χ3n) is 3.55. The Morgan fingerprint density at radius 1 is 1.11 bits per heavy atom. The molecule has 0 spiro atoms. The normalized spacial score (nSPS) is 24.0. The fourth-order valence-electron chi connectivity index (χ4n) is 2.29. The second-order valence-electron chi connectivity index (χ2n) is 5.29. The summed E-state index contributed by atoms with van der Waals surface area (Å²) >= 11 is 1.99. The molecule has 2 heteroatoms. The Morgan fingerprint density at radius 3 is 2.50 bits per heavy atom. The number of hydrogen-bond donors (Lipinski definition) is 0. The van der Waals surface area contributed by atoms with E-state index in [1.54, 1.807) is 0 Å². The van der Waals surface area contributed by atoms with E-state index in [0.717, 1.165) is 24.5 Å². The van der Waals surface area contributed by atoms with Crippen LogP contribution in [0.1, 0.15) is 37.7 Å². The van der Waals surface area contributed by atoms with Crippen molar-refractivity contribution in [3.8, 4) is 0 Å². The van der Waals surface area contributed by atoms with Crippen LogP contribution < -0.4 is 0 Å². The van der Waals surface area contributed by atoms with E-state index in [4.69, 9.17) is 0 Å². The Kier molecular flexibility index (Phi) is 3.55. The number of benzene rings is 1.